The van der Waals surface area contributed by atoms with Gasteiger partial charge >= 0.3 is 0 Å². The van der Waals surface area contributed by atoms with Crippen LogP contribution >= 0.6 is 0 Å². The molecule has 0 aliphatic rings. The van der Waals surface area contributed by atoms with Crippen LogP contribution < -0.4 is 5.73 Å². The molecule has 1 aromatic rings. The molecule has 2 heteroatoms. The Morgan fingerprint density at radius 1 is 1.43 bits per heavy atom. The lowest BCUT2D eigenvalue weighted by Gasteiger charge is -2.28. The number of methoxy groups -OCH3 is 1. The molecule has 78 valence electrons. The molecule has 0 saturated heterocycles. The third-order valence-electron chi connectivity index (χ3n) is 2.63. The summed E-state index contributed by atoms with van der Waals surface area (Å²) in [5, 5.41) is 0. The van der Waals surface area contributed by atoms with E-state index in [1.165, 1.54) is 5.56 Å². The van der Waals surface area contributed by atoms with E-state index in [0.29, 0.717) is 6.61 Å². The lowest BCUT2D eigenvalue weighted by atomic mass is 9.88. The quantitative estimate of drug-likeness (QED) is 0.795. The second-order valence-corrected chi connectivity index (χ2v) is 3.81. The number of benzene rings is 1. The van der Waals surface area contributed by atoms with Crippen LogP contribution in [0, 0.1) is 6.92 Å². The Morgan fingerprint density at radius 3 is 2.64 bits per heavy atom. The Balaban J connectivity index is 2.99. The van der Waals surface area contributed by atoms with Crippen molar-refractivity contribution in [1.29, 1.82) is 0 Å². The van der Waals surface area contributed by atoms with E-state index in [4.69, 9.17) is 10.5 Å². The van der Waals surface area contributed by atoms with E-state index in [1.54, 1.807) is 7.11 Å². The van der Waals surface area contributed by atoms with E-state index in [-0.39, 0.29) is 5.54 Å². The van der Waals surface area contributed by atoms with E-state index in [2.05, 4.69) is 32.0 Å². The Morgan fingerprint density at radius 2 is 2.14 bits per heavy atom. The molecule has 0 heterocycles. The average Bonchev–Trinajstić information content (AvgIpc) is 2.18. The van der Waals surface area contributed by atoms with Gasteiger partial charge in [0.2, 0.25) is 0 Å². The highest BCUT2D eigenvalue weighted by Gasteiger charge is 2.24. The Hall–Kier alpha value is -0.860. The standard InChI is InChI=1S/C12H19NO/c1-4-12(13,9-14-3)11-7-5-6-10(2)8-11/h5-8H,4,9,13H2,1-3H3. The van der Waals surface area contributed by atoms with E-state index in [1.807, 2.05) is 6.07 Å². The fourth-order valence-corrected chi connectivity index (χ4v) is 1.60. The molecule has 2 nitrogen and oxygen atoms in total. The van der Waals surface area contributed by atoms with Crippen molar-refractivity contribution in [3.63, 3.8) is 0 Å². The molecule has 14 heavy (non-hydrogen) atoms. The molecular formula is C12H19NO. The summed E-state index contributed by atoms with van der Waals surface area (Å²) >= 11 is 0. The fraction of sp³-hybridized carbons (Fsp3) is 0.500. The predicted molar refractivity (Wildman–Crippen MR) is 59.2 cm³/mol. The van der Waals surface area contributed by atoms with Crippen LogP contribution in [0.25, 0.3) is 0 Å². The summed E-state index contributed by atoms with van der Waals surface area (Å²) in [6, 6.07) is 8.31. The van der Waals surface area contributed by atoms with Gasteiger partial charge < -0.3 is 10.5 Å². The topological polar surface area (TPSA) is 35.2 Å². The van der Waals surface area contributed by atoms with Crippen LogP contribution in [-0.2, 0) is 10.3 Å². The van der Waals surface area contributed by atoms with Crippen LogP contribution in [0.2, 0.25) is 0 Å². The van der Waals surface area contributed by atoms with E-state index < -0.39 is 0 Å². The van der Waals surface area contributed by atoms with Crippen molar-refractivity contribution in [2.24, 2.45) is 5.73 Å². The fourth-order valence-electron chi connectivity index (χ4n) is 1.60. The van der Waals surface area contributed by atoms with Gasteiger partial charge in [0.1, 0.15) is 0 Å². The molecule has 0 aliphatic carbocycles. The molecule has 0 spiro atoms. The minimum Gasteiger partial charge on any atom is -0.382 e. The number of nitrogens with two attached hydrogens (primary N) is 1. The first-order valence-corrected chi connectivity index (χ1v) is 4.97. The first-order chi connectivity index (χ1) is 6.62. The smallest absolute Gasteiger partial charge is 0.0684 e. The molecule has 1 atom stereocenters. The van der Waals surface area contributed by atoms with Crippen molar-refractivity contribution in [2.75, 3.05) is 13.7 Å². The van der Waals surface area contributed by atoms with Crippen molar-refractivity contribution >= 4 is 0 Å². The molecule has 0 radical (unpaired) electrons. The normalized spacial score (nSPS) is 15.1. The SMILES string of the molecule is CCC(N)(COC)c1cccc(C)c1. The summed E-state index contributed by atoms with van der Waals surface area (Å²) in [6.07, 6.45) is 0.879. The van der Waals surface area contributed by atoms with Gasteiger partial charge in [0.15, 0.2) is 0 Å². The molecular weight excluding hydrogens is 174 g/mol. The van der Waals surface area contributed by atoms with Gasteiger partial charge in [-0.05, 0) is 18.9 Å². The van der Waals surface area contributed by atoms with Crippen LogP contribution in [0.4, 0.5) is 0 Å². The van der Waals surface area contributed by atoms with Crippen molar-refractivity contribution in [3.05, 3.63) is 35.4 Å². The molecule has 1 unspecified atom stereocenters. The van der Waals surface area contributed by atoms with Crippen molar-refractivity contribution < 1.29 is 4.74 Å². The highest BCUT2D eigenvalue weighted by atomic mass is 16.5. The highest BCUT2D eigenvalue weighted by molar-refractivity contribution is 5.28. The molecule has 1 rings (SSSR count). The van der Waals surface area contributed by atoms with Crippen LogP contribution in [0.1, 0.15) is 24.5 Å². The van der Waals surface area contributed by atoms with Crippen molar-refractivity contribution in [1.82, 2.24) is 0 Å². The van der Waals surface area contributed by atoms with Gasteiger partial charge in [-0.2, -0.15) is 0 Å². The lowest BCUT2D eigenvalue weighted by Crippen LogP contribution is -2.40. The third-order valence-corrected chi connectivity index (χ3v) is 2.63. The van der Waals surface area contributed by atoms with E-state index in [0.717, 1.165) is 12.0 Å². The van der Waals surface area contributed by atoms with Crippen LogP contribution in [0.3, 0.4) is 0 Å². The van der Waals surface area contributed by atoms with Crippen molar-refractivity contribution in [3.8, 4) is 0 Å². The Bertz CT molecular complexity index is 298. The number of hydrogen-bond acceptors (Lipinski definition) is 2. The second kappa shape index (κ2) is 4.58. The summed E-state index contributed by atoms with van der Waals surface area (Å²) in [5.41, 5.74) is 8.32. The van der Waals surface area contributed by atoms with Gasteiger partial charge in [0.05, 0.1) is 12.1 Å². The molecule has 0 saturated carbocycles. The van der Waals surface area contributed by atoms with Gasteiger partial charge in [0, 0.05) is 7.11 Å². The minimum atomic E-state index is -0.346. The Kier molecular flexibility index (Phi) is 3.67. The molecule has 1 aromatic carbocycles. The number of rotatable bonds is 4. The lowest BCUT2D eigenvalue weighted by molar-refractivity contribution is 0.129. The van der Waals surface area contributed by atoms with Gasteiger partial charge in [-0.15, -0.1) is 0 Å². The monoisotopic (exact) mass is 193 g/mol. The molecule has 0 fully saturated rings. The maximum absolute atomic E-state index is 6.27. The van der Waals surface area contributed by atoms with Gasteiger partial charge in [-0.3, -0.25) is 0 Å². The summed E-state index contributed by atoms with van der Waals surface area (Å²) in [6.45, 7) is 4.72. The van der Waals surface area contributed by atoms with Gasteiger partial charge in [0.25, 0.3) is 0 Å². The minimum absolute atomic E-state index is 0.346. The van der Waals surface area contributed by atoms with Crippen molar-refractivity contribution in [2.45, 2.75) is 25.8 Å². The molecule has 0 aromatic heterocycles. The zero-order valence-electron chi connectivity index (χ0n) is 9.21. The zero-order valence-corrected chi connectivity index (χ0v) is 9.21. The average molecular weight is 193 g/mol. The third kappa shape index (κ3) is 2.34. The number of aryl methyl sites for hydroxylation is 1. The maximum atomic E-state index is 6.27. The maximum Gasteiger partial charge on any atom is 0.0684 e. The second-order valence-electron chi connectivity index (χ2n) is 3.81. The number of hydrogen-bond donors (Lipinski definition) is 1. The predicted octanol–water partition coefficient (Wildman–Crippen LogP) is 2.21. The summed E-state index contributed by atoms with van der Waals surface area (Å²) in [5.74, 6) is 0. The van der Waals surface area contributed by atoms with E-state index in [9.17, 15) is 0 Å². The number of ether oxygens (including phenoxy) is 1. The zero-order chi connectivity index (χ0) is 10.6. The molecule has 0 amide bonds. The van der Waals surface area contributed by atoms with Gasteiger partial charge in [-0.1, -0.05) is 36.8 Å². The largest absolute Gasteiger partial charge is 0.382 e. The van der Waals surface area contributed by atoms with Crippen LogP contribution in [0.5, 0.6) is 0 Å². The summed E-state index contributed by atoms with van der Waals surface area (Å²) in [4.78, 5) is 0. The first kappa shape index (κ1) is 11.2. The van der Waals surface area contributed by atoms with Crippen LogP contribution in [0.15, 0.2) is 24.3 Å². The van der Waals surface area contributed by atoms with Crippen LogP contribution in [-0.4, -0.2) is 13.7 Å². The first-order valence-electron chi connectivity index (χ1n) is 4.97. The van der Waals surface area contributed by atoms with Gasteiger partial charge in [-0.25, -0.2) is 0 Å². The Labute approximate surface area is 86.1 Å². The molecule has 0 aliphatic heterocycles. The summed E-state index contributed by atoms with van der Waals surface area (Å²) < 4.78 is 5.17. The molecule has 0 bridgehead atoms. The highest BCUT2D eigenvalue weighted by Crippen LogP contribution is 2.22. The van der Waals surface area contributed by atoms with E-state index >= 15 is 0 Å². The summed E-state index contributed by atoms with van der Waals surface area (Å²) in [7, 11) is 1.69. The molecule has 2 N–H and O–H groups in total.